The Hall–Kier alpha value is -1.42. The van der Waals surface area contributed by atoms with Gasteiger partial charge in [0.05, 0.1) is 6.54 Å². The van der Waals surface area contributed by atoms with Crippen LogP contribution in [0, 0.1) is 5.82 Å². The Bertz CT molecular complexity index is 588. The lowest BCUT2D eigenvalue weighted by Gasteiger charge is -2.33. The molecule has 27 heavy (non-hydrogen) atoms. The number of benzene rings is 1. The van der Waals surface area contributed by atoms with Crippen LogP contribution in [0.1, 0.15) is 19.4 Å². The van der Waals surface area contributed by atoms with E-state index in [4.69, 9.17) is 0 Å². The van der Waals surface area contributed by atoms with Gasteiger partial charge in [-0.3, -0.25) is 14.7 Å². The summed E-state index contributed by atoms with van der Waals surface area (Å²) in [6.45, 7) is 10.2. The van der Waals surface area contributed by atoms with Gasteiger partial charge in [-0.15, -0.1) is 24.0 Å². The Labute approximate surface area is 178 Å². The van der Waals surface area contributed by atoms with Crippen molar-refractivity contribution < 1.29 is 9.18 Å². The van der Waals surface area contributed by atoms with E-state index in [9.17, 15) is 9.18 Å². The summed E-state index contributed by atoms with van der Waals surface area (Å²) in [7, 11) is 0. The van der Waals surface area contributed by atoms with Crippen LogP contribution < -0.4 is 10.6 Å². The van der Waals surface area contributed by atoms with Gasteiger partial charge in [-0.25, -0.2) is 4.39 Å². The minimum atomic E-state index is -0.208. The van der Waals surface area contributed by atoms with Crippen molar-refractivity contribution in [2.24, 2.45) is 4.99 Å². The third kappa shape index (κ3) is 8.87. The van der Waals surface area contributed by atoms with Crippen molar-refractivity contribution in [3.05, 3.63) is 35.6 Å². The van der Waals surface area contributed by atoms with E-state index in [2.05, 4.69) is 20.5 Å². The molecule has 0 spiro atoms. The predicted molar refractivity (Wildman–Crippen MR) is 118 cm³/mol. The summed E-state index contributed by atoms with van der Waals surface area (Å²) < 4.78 is 12.9. The van der Waals surface area contributed by atoms with E-state index in [1.165, 1.54) is 12.1 Å². The number of hydrogen-bond donors (Lipinski definition) is 2. The van der Waals surface area contributed by atoms with Crippen LogP contribution in [0.15, 0.2) is 29.3 Å². The molecule has 1 aromatic carbocycles. The maximum absolute atomic E-state index is 12.9. The molecular formula is C19H31FIN5O. The fraction of sp³-hybridized carbons (Fsp3) is 0.579. The van der Waals surface area contributed by atoms with E-state index in [1.807, 2.05) is 24.0 Å². The first kappa shape index (κ1) is 23.6. The topological polar surface area (TPSA) is 60.0 Å². The van der Waals surface area contributed by atoms with Gasteiger partial charge in [0.2, 0.25) is 5.91 Å². The first-order chi connectivity index (χ1) is 12.6. The first-order valence-electron chi connectivity index (χ1n) is 9.33. The lowest BCUT2D eigenvalue weighted by molar-refractivity contribution is -0.130. The van der Waals surface area contributed by atoms with Crippen molar-refractivity contribution in [3.63, 3.8) is 0 Å². The summed E-state index contributed by atoms with van der Waals surface area (Å²) in [6, 6.07) is 6.59. The smallest absolute Gasteiger partial charge is 0.219 e. The molecule has 0 radical (unpaired) electrons. The zero-order valence-electron chi connectivity index (χ0n) is 16.2. The summed E-state index contributed by atoms with van der Waals surface area (Å²) in [6.07, 6.45) is 0.817. The number of nitrogens with one attached hydrogen (secondary N) is 2. The maximum Gasteiger partial charge on any atom is 0.219 e. The predicted octanol–water partition coefficient (Wildman–Crippen LogP) is 1.71. The zero-order valence-corrected chi connectivity index (χ0v) is 18.5. The summed E-state index contributed by atoms with van der Waals surface area (Å²) in [5.41, 5.74) is 1.10. The number of aliphatic imine (C=N–C) groups is 1. The summed E-state index contributed by atoms with van der Waals surface area (Å²) in [4.78, 5) is 20.2. The highest BCUT2D eigenvalue weighted by Crippen LogP contribution is 2.03. The lowest BCUT2D eigenvalue weighted by Crippen LogP contribution is -2.48. The molecule has 0 saturated carbocycles. The molecule has 152 valence electrons. The Balaban J connectivity index is 0.00000364. The second-order valence-electron chi connectivity index (χ2n) is 6.41. The van der Waals surface area contributed by atoms with E-state index in [-0.39, 0.29) is 35.7 Å². The average molecular weight is 491 g/mol. The molecule has 1 aliphatic rings. The van der Waals surface area contributed by atoms with Crippen molar-refractivity contribution in [3.8, 4) is 0 Å². The van der Waals surface area contributed by atoms with Gasteiger partial charge < -0.3 is 15.5 Å². The van der Waals surface area contributed by atoms with Crippen LogP contribution in [0.5, 0.6) is 0 Å². The quantitative estimate of drug-likeness (QED) is 0.347. The van der Waals surface area contributed by atoms with Crippen LogP contribution in [0.3, 0.4) is 0 Å². The number of amides is 1. The molecule has 1 heterocycles. The number of hydrogen-bond acceptors (Lipinski definition) is 3. The van der Waals surface area contributed by atoms with Crippen LogP contribution in [-0.2, 0) is 11.2 Å². The molecule has 1 aromatic rings. The third-order valence-corrected chi connectivity index (χ3v) is 4.47. The Morgan fingerprint density at radius 3 is 2.41 bits per heavy atom. The molecule has 1 aliphatic heterocycles. The second-order valence-corrected chi connectivity index (χ2v) is 6.41. The minimum Gasteiger partial charge on any atom is -0.357 e. The number of piperazine rings is 1. The summed E-state index contributed by atoms with van der Waals surface area (Å²) in [5.74, 6) is 0.750. The Morgan fingerprint density at radius 1 is 1.15 bits per heavy atom. The van der Waals surface area contributed by atoms with Crippen molar-refractivity contribution in [1.82, 2.24) is 20.4 Å². The fourth-order valence-corrected chi connectivity index (χ4v) is 2.91. The Morgan fingerprint density at radius 2 is 1.81 bits per heavy atom. The van der Waals surface area contributed by atoms with Crippen molar-refractivity contribution in [1.29, 1.82) is 0 Å². The van der Waals surface area contributed by atoms with Gasteiger partial charge >= 0.3 is 0 Å². The number of guanidine groups is 1. The summed E-state index contributed by atoms with van der Waals surface area (Å²) >= 11 is 0. The standard InChI is InChI=1S/C19H30FN5O.HI/c1-3-21-19(22-9-8-17-4-6-18(20)7-5-17)23-10-11-24-12-14-25(15-13-24)16(2)26;/h4-7H,3,8-15H2,1-2H3,(H2,21,22,23);1H. The van der Waals surface area contributed by atoms with Gasteiger partial charge in [0, 0.05) is 52.7 Å². The number of carbonyl (C=O) groups excluding carboxylic acids is 1. The molecule has 0 aromatic heterocycles. The molecule has 8 heteroatoms. The SMILES string of the molecule is CCNC(=NCCN1CCN(C(C)=O)CC1)NCCc1ccc(F)cc1.I. The molecule has 2 rings (SSSR count). The molecular weight excluding hydrogens is 460 g/mol. The third-order valence-electron chi connectivity index (χ3n) is 4.47. The van der Waals surface area contributed by atoms with Crippen LogP contribution >= 0.6 is 24.0 Å². The van der Waals surface area contributed by atoms with Gasteiger partial charge in [0.1, 0.15) is 5.82 Å². The molecule has 0 aliphatic carbocycles. The highest BCUT2D eigenvalue weighted by Gasteiger charge is 2.17. The van der Waals surface area contributed by atoms with E-state index in [1.54, 1.807) is 6.92 Å². The van der Waals surface area contributed by atoms with E-state index in [0.29, 0.717) is 6.54 Å². The van der Waals surface area contributed by atoms with Gasteiger partial charge in [-0.1, -0.05) is 12.1 Å². The molecule has 6 nitrogen and oxygen atoms in total. The zero-order chi connectivity index (χ0) is 18.8. The molecule has 1 saturated heterocycles. The largest absolute Gasteiger partial charge is 0.357 e. The molecule has 1 fully saturated rings. The Kier molecular flexibility index (Phi) is 11.3. The van der Waals surface area contributed by atoms with Crippen LogP contribution in [0.4, 0.5) is 4.39 Å². The minimum absolute atomic E-state index is 0. The average Bonchev–Trinajstić information content (AvgIpc) is 2.64. The number of nitrogens with zero attached hydrogens (tertiary/aromatic N) is 3. The lowest BCUT2D eigenvalue weighted by atomic mass is 10.1. The van der Waals surface area contributed by atoms with Crippen LogP contribution in [0.2, 0.25) is 0 Å². The summed E-state index contributed by atoms with van der Waals surface area (Å²) in [5, 5.41) is 6.56. The van der Waals surface area contributed by atoms with Crippen LogP contribution in [-0.4, -0.2) is 74.0 Å². The monoisotopic (exact) mass is 491 g/mol. The van der Waals surface area contributed by atoms with Gasteiger partial charge in [0.15, 0.2) is 5.96 Å². The molecule has 0 bridgehead atoms. The van der Waals surface area contributed by atoms with E-state index in [0.717, 1.165) is 63.8 Å². The number of halogens is 2. The number of rotatable bonds is 7. The van der Waals surface area contributed by atoms with Crippen molar-refractivity contribution >= 4 is 35.8 Å². The van der Waals surface area contributed by atoms with Crippen LogP contribution in [0.25, 0.3) is 0 Å². The first-order valence-corrected chi connectivity index (χ1v) is 9.33. The van der Waals surface area contributed by atoms with E-state index >= 15 is 0 Å². The van der Waals surface area contributed by atoms with Gasteiger partial charge in [-0.05, 0) is 31.0 Å². The molecule has 2 N–H and O–H groups in total. The number of carbonyl (C=O) groups is 1. The van der Waals surface area contributed by atoms with Crippen molar-refractivity contribution in [2.45, 2.75) is 20.3 Å². The highest BCUT2D eigenvalue weighted by atomic mass is 127. The second kappa shape index (κ2) is 12.9. The molecule has 1 amide bonds. The molecule has 0 unspecified atom stereocenters. The fourth-order valence-electron chi connectivity index (χ4n) is 2.91. The van der Waals surface area contributed by atoms with Crippen molar-refractivity contribution in [2.75, 3.05) is 52.4 Å². The normalized spacial score (nSPS) is 15.2. The molecule has 0 atom stereocenters. The van der Waals surface area contributed by atoms with Gasteiger partial charge in [0.25, 0.3) is 0 Å². The maximum atomic E-state index is 12.9. The highest BCUT2D eigenvalue weighted by molar-refractivity contribution is 14.0. The van der Waals surface area contributed by atoms with Gasteiger partial charge in [-0.2, -0.15) is 0 Å². The van der Waals surface area contributed by atoms with E-state index < -0.39 is 0 Å².